The Bertz CT molecular complexity index is 370. The van der Waals surface area contributed by atoms with Gasteiger partial charge in [0, 0.05) is 7.05 Å². The minimum Gasteiger partial charge on any atom is -0.410 e. The summed E-state index contributed by atoms with van der Waals surface area (Å²) in [6.07, 6.45) is 3.73. The van der Waals surface area contributed by atoms with Crippen molar-refractivity contribution < 1.29 is 9.53 Å². The van der Waals surface area contributed by atoms with Crippen LogP contribution in [-0.4, -0.2) is 24.2 Å². The summed E-state index contributed by atoms with van der Waals surface area (Å²) in [7, 11) is 1.48. The first-order valence-electron chi connectivity index (χ1n) is 4.36. The lowest BCUT2D eigenvalue weighted by atomic mass is 10.3. The first-order chi connectivity index (χ1) is 7.15. The van der Waals surface area contributed by atoms with Gasteiger partial charge in [0.05, 0.1) is 0 Å². The summed E-state index contributed by atoms with van der Waals surface area (Å²) in [6.45, 7) is 0. The smallest absolute Gasteiger partial charge is 0.410 e. The Kier molecular flexibility index (Phi) is 3.72. The molecule has 1 aromatic rings. The van der Waals surface area contributed by atoms with Gasteiger partial charge < -0.3 is 10.5 Å². The lowest BCUT2D eigenvalue weighted by Crippen LogP contribution is -2.43. The molecule has 0 saturated heterocycles. The van der Waals surface area contributed by atoms with Gasteiger partial charge >= 0.3 is 6.09 Å². The van der Waals surface area contributed by atoms with Crippen molar-refractivity contribution in [3.63, 3.8) is 0 Å². The highest BCUT2D eigenvalue weighted by molar-refractivity contribution is 5.71. The van der Waals surface area contributed by atoms with Crippen molar-refractivity contribution in [1.29, 1.82) is 0 Å². The number of hydrogen-bond donors (Lipinski definition) is 1. The second-order valence-corrected chi connectivity index (χ2v) is 2.90. The highest BCUT2D eigenvalue weighted by atomic mass is 16.6. The van der Waals surface area contributed by atoms with E-state index in [9.17, 15) is 4.79 Å². The van der Waals surface area contributed by atoms with E-state index in [1.165, 1.54) is 7.05 Å². The Morgan fingerprint density at radius 1 is 1.53 bits per heavy atom. The maximum atomic E-state index is 11.4. The zero-order valence-electron chi connectivity index (χ0n) is 8.38. The fourth-order valence-corrected chi connectivity index (χ4v) is 0.887. The third-order valence-corrected chi connectivity index (χ3v) is 1.82. The molecular weight excluding hydrogens is 192 g/mol. The van der Waals surface area contributed by atoms with E-state index in [-0.39, 0.29) is 0 Å². The summed E-state index contributed by atoms with van der Waals surface area (Å²) < 4.78 is 5.01. The SMILES string of the molecule is C#CC(N)N(C)C(=O)Oc1ccccc1. The molecule has 1 atom stereocenters. The summed E-state index contributed by atoms with van der Waals surface area (Å²) in [5.41, 5.74) is 5.46. The zero-order valence-corrected chi connectivity index (χ0v) is 8.38. The van der Waals surface area contributed by atoms with Crippen molar-refractivity contribution in [2.45, 2.75) is 6.17 Å². The summed E-state index contributed by atoms with van der Waals surface area (Å²) in [6, 6.07) is 8.71. The van der Waals surface area contributed by atoms with Crippen molar-refractivity contribution >= 4 is 6.09 Å². The fraction of sp³-hybridized carbons (Fsp3) is 0.182. The van der Waals surface area contributed by atoms with Gasteiger partial charge in [0.2, 0.25) is 0 Å². The number of benzene rings is 1. The number of rotatable bonds is 2. The number of carbonyl (C=O) groups excluding carboxylic acids is 1. The zero-order chi connectivity index (χ0) is 11.3. The minimum atomic E-state index is -0.777. The number of terminal acetylenes is 1. The van der Waals surface area contributed by atoms with Crippen LogP contribution >= 0.6 is 0 Å². The van der Waals surface area contributed by atoms with Gasteiger partial charge in [-0.15, -0.1) is 6.42 Å². The number of nitrogens with two attached hydrogens (primary N) is 1. The molecule has 0 aliphatic heterocycles. The van der Waals surface area contributed by atoms with Crippen LogP contribution in [0.25, 0.3) is 0 Å². The number of para-hydroxylation sites is 1. The molecule has 15 heavy (non-hydrogen) atoms. The van der Waals surface area contributed by atoms with Gasteiger partial charge in [-0.1, -0.05) is 24.1 Å². The van der Waals surface area contributed by atoms with Crippen LogP contribution in [-0.2, 0) is 0 Å². The van der Waals surface area contributed by atoms with E-state index in [1.807, 2.05) is 6.07 Å². The van der Waals surface area contributed by atoms with E-state index in [1.54, 1.807) is 24.3 Å². The topological polar surface area (TPSA) is 55.6 Å². The van der Waals surface area contributed by atoms with E-state index in [4.69, 9.17) is 16.9 Å². The molecule has 0 aliphatic carbocycles. The standard InChI is InChI=1S/C11H12N2O2/c1-3-10(12)13(2)11(14)15-9-7-5-4-6-8-9/h1,4-8,10H,12H2,2H3. The first kappa shape index (κ1) is 11.1. The van der Waals surface area contributed by atoms with Crippen molar-refractivity contribution in [1.82, 2.24) is 4.90 Å². The Balaban J connectivity index is 2.61. The predicted octanol–water partition coefficient (Wildman–Crippen LogP) is 1.04. The molecule has 0 aromatic heterocycles. The number of hydrogen-bond acceptors (Lipinski definition) is 3. The lowest BCUT2D eigenvalue weighted by molar-refractivity contribution is 0.156. The molecule has 4 nitrogen and oxygen atoms in total. The van der Waals surface area contributed by atoms with Crippen LogP contribution < -0.4 is 10.5 Å². The maximum absolute atomic E-state index is 11.4. The molecule has 0 aliphatic rings. The van der Waals surface area contributed by atoms with E-state index < -0.39 is 12.3 Å². The van der Waals surface area contributed by atoms with E-state index in [2.05, 4.69) is 5.92 Å². The number of amides is 1. The van der Waals surface area contributed by atoms with Crippen LogP contribution in [0.2, 0.25) is 0 Å². The van der Waals surface area contributed by atoms with Gasteiger partial charge in [0.1, 0.15) is 11.9 Å². The Labute approximate surface area is 88.6 Å². The summed E-state index contributed by atoms with van der Waals surface area (Å²) >= 11 is 0. The molecule has 1 rings (SSSR count). The third kappa shape index (κ3) is 3.01. The molecule has 0 heterocycles. The average molecular weight is 204 g/mol. The monoisotopic (exact) mass is 204 g/mol. The predicted molar refractivity (Wildman–Crippen MR) is 57.0 cm³/mol. The number of ether oxygens (including phenoxy) is 1. The van der Waals surface area contributed by atoms with Gasteiger partial charge in [-0.05, 0) is 12.1 Å². The Morgan fingerprint density at radius 3 is 2.67 bits per heavy atom. The third-order valence-electron chi connectivity index (χ3n) is 1.82. The second kappa shape index (κ2) is 5.03. The summed E-state index contributed by atoms with van der Waals surface area (Å²) in [5, 5.41) is 0. The molecule has 1 amide bonds. The van der Waals surface area contributed by atoms with Crippen LogP contribution in [0.15, 0.2) is 30.3 Å². The van der Waals surface area contributed by atoms with Crippen LogP contribution in [0, 0.1) is 12.3 Å². The molecule has 0 radical (unpaired) electrons. The average Bonchev–Trinajstić information content (AvgIpc) is 2.28. The van der Waals surface area contributed by atoms with Gasteiger partial charge in [0.25, 0.3) is 0 Å². The van der Waals surface area contributed by atoms with Gasteiger partial charge in [-0.3, -0.25) is 4.90 Å². The van der Waals surface area contributed by atoms with E-state index in [0.29, 0.717) is 5.75 Å². The van der Waals surface area contributed by atoms with E-state index >= 15 is 0 Å². The van der Waals surface area contributed by atoms with E-state index in [0.717, 1.165) is 4.90 Å². The molecule has 78 valence electrons. The highest BCUT2D eigenvalue weighted by Gasteiger charge is 2.15. The Morgan fingerprint density at radius 2 is 2.13 bits per heavy atom. The molecule has 0 bridgehead atoms. The molecule has 0 saturated carbocycles. The van der Waals surface area contributed by atoms with Crippen LogP contribution in [0.5, 0.6) is 5.75 Å². The molecule has 1 unspecified atom stereocenters. The number of carbonyl (C=O) groups is 1. The second-order valence-electron chi connectivity index (χ2n) is 2.90. The quantitative estimate of drug-likeness (QED) is 0.578. The molecule has 0 fully saturated rings. The fourth-order valence-electron chi connectivity index (χ4n) is 0.887. The largest absolute Gasteiger partial charge is 0.417 e. The van der Waals surface area contributed by atoms with Crippen LogP contribution in [0.1, 0.15) is 0 Å². The summed E-state index contributed by atoms with van der Waals surface area (Å²) in [4.78, 5) is 12.6. The summed E-state index contributed by atoms with van der Waals surface area (Å²) in [5.74, 6) is 2.69. The van der Waals surface area contributed by atoms with Crippen LogP contribution in [0.4, 0.5) is 4.79 Å². The molecule has 2 N–H and O–H groups in total. The minimum absolute atomic E-state index is 0.457. The lowest BCUT2D eigenvalue weighted by Gasteiger charge is -2.19. The van der Waals surface area contributed by atoms with Gasteiger partial charge in [-0.25, -0.2) is 4.79 Å². The Hall–Kier alpha value is -1.99. The molecule has 0 spiro atoms. The number of nitrogens with zero attached hydrogens (tertiary/aromatic N) is 1. The van der Waals surface area contributed by atoms with Gasteiger partial charge in [-0.2, -0.15) is 0 Å². The molecule has 1 aromatic carbocycles. The van der Waals surface area contributed by atoms with Crippen molar-refractivity contribution in [3.8, 4) is 18.1 Å². The normalized spacial score (nSPS) is 11.3. The van der Waals surface area contributed by atoms with Crippen molar-refractivity contribution in [3.05, 3.63) is 30.3 Å². The molecular formula is C11H12N2O2. The molecule has 4 heteroatoms. The first-order valence-corrected chi connectivity index (χ1v) is 4.36. The van der Waals surface area contributed by atoms with Crippen molar-refractivity contribution in [2.24, 2.45) is 5.73 Å². The van der Waals surface area contributed by atoms with Crippen molar-refractivity contribution in [2.75, 3.05) is 7.05 Å². The highest BCUT2D eigenvalue weighted by Crippen LogP contribution is 2.09. The van der Waals surface area contributed by atoms with Gasteiger partial charge in [0.15, 0.2) is 0 Å². The van der Waals surface area contributed by atoms with Crippen LogP contribution in [0.3, 0.4) is 0 Å². The maximum Gasteiger partial charge on any atom is 0.417 e.